The molecule has 2 amide bonds. The van der Waals surface area contributed by atoms with Crippen LogP contribution in [-0.4, -0.2) is 64.3 Å². The number of nitrogens with one attached hydrogen (secondary N) is 2. The minimum absolute atomic E-state index is 0.534. The van der Waals surface area contributed by atoms with Gasteiger partial charge in [-0.3, -0.25) is 14.5 Å². The average molecular weight is 461 g/mol. The van der Waals surface area contributed by atoms with Crippen LogP contribution in [0, 0.1) is 0 Å². The van der Waals surface area contributed by atoms with E-state index in [1.807, 2.05) is 42.5 Å². The molecule has 0 spiro atoms. The van der Waals surface area contributed by atoms with E-state index in [4.69, 9.17) is 4.74 Å². The lowest BCUT2D eigenvalue weighted by molar-refractivity contribution is -0.132. The van der Waals surface area contributed by atoms with Crippen molar-refractivity contribution < 1.29 is 14.3 Å². The SMILES string of the molecule is O=C(Nc1ccc(CCN2CCOCC2)cc1)C(=O)Nc1cccc(-c2nnc3n2CCC3)c1. The van der Waals surface area contributed by atoms with Gasteiger partial charge >= 0.3 is 11.8 Å². The lowest BCUT2D eigenvalue weighted by Crippen LogP contribution is -2.37. The topological polar surface area (TPSA) is 101 Å². The highest BCUT2D eigenvalue weighted by atomic mass is 16.5. The molecule has 0 bridgehead atoms. The molecule has 2 aliphatic heterocycles. The fourth-order valence-corrected chi connectivity index (χ4v) is 4.34. The van der Waals surface area contributed by atoms with Gasteiger partial charge in [-0.2, -0.15) is 0 Å². The Hall–Kier alpha value is -3.56. The van der Waals surface area contributed by atoms with E-state index < -0.39 is 11.8 Å². The molecule has 0 saturated carbocycles. The standard InChI is InChI=1S/C25H28N6O3/c32-24(26-20-8-6-18(7-9-20)10-12-30-13-15-34-16-14-30)25(33)27-21-4-1-3-19(17-21)23-29-28-22-5-2-11-31(22)23/h1,3-4,6-9,17H,2,5,10-16H2,(H,26,32)(H,27,33). The maximum absolute atomic E-state index is 12.5. The molecule has 2 N–H and O–H groups in total. The fraction of sp³-hybridized carbons (Fsp3) is 0.360. The highest BCUT2D eigenvalue weighted by Gasteiger charge is 2.19. The molecule has 2 aromatic carbocycles. The predicted molar refractivity (Wildman–Crippen MR) is 128 cm³/mol. The molecule has 0 aliphatic carbocycles. The number of ether oxygens (including phenoxy) is 1. The minimum atomic E-state index is -0.722. The number of morpholine rings is 1. The van der Waals surface area contributed by atoms with Crippen LogP contribution in [0.2, 0.25) is 0 Å². The smallest absolute Gasteiger partial charge is 0.314 e. The van der Waals surface area contributed by atoms with Crippen molar-refractivity contribution in [2.45, 2.75) is 25.8 Å². The van der Waals surface area contributed by atoms with Crippen LogP contribution >= 0.6 is 0 Å². The minimum Gasteiger partial charge on any atom is -0.379 e. The van der Waals surface area contributed by atoms with Gasteiger partial charge in [-0.05, 0) is 42.7 Å². The molecule has 9 heteroatoms. The number of fused-ring (bicyclic) bond motifs is 1. The number of anilines is 2. The number of nitrogens with zero attached hydrogens (tertiary/aromatic N) is 4. The number of hydrogen-bond donors (Lipinski definition) is 2. The number of carbonyl (C=O) groups is 2. The van der Waals surface area contributed by atoms with Crippen molar-refractivity contribution in [3.63, 3.8) is 0 Å². The van der Waals surface area contributed by atoms with Crippen LogP contribution in [0.1, 0.15) is 17.8 Å². The molecule has 9 nitrogen and oxygen atoms in total. The van der Waals surface area contributed by atoms with Gasteiger partial charge < -0.3 is 19.9 Å². The van der Waals surface area contributed by atoms with E-state index in [2.05, 4.69) is 30.3 Å². The van der Waals surface area contributed by atoms with Gasteiger partial charge in [-0.25, -0.2) is 0 Å². The molecule has 176 valence electrons. The molecule has 3 aromatic rings. The quantitative estimate of drug-likeness (QED) is 0.548. The van der Waals surface area contributed by atoms with Crippen LogP contribution in [0.15, 0.2) is 48.5 Å². The number of aromatic nitrogens is 3. The highest BCUT2D eigenvalue weighted by Crippen LogP contribution is 2.25. The zero-order valence-electron chi connectivity index (χ0n) is 19.0. The number of benzene rings is 2. The third-order valence-corrected chi connectivity index (χ3v) is 6.23. The third kappa shape index (κ3) is 5.16. The monoisotopic (exact) mass is 460 g/mol. The Bertz CT molecular complexity index is 1170. The lowest BCUT2D eigenvalue weighted by Gasteiger charge is -2.26. The van der Waals surface area contributed by atoms with Crippen molar-refractivity contribution in [2.24, 2.45) is 0 Å². The van der Waals surface area contributed by atoms with E-state index in [-0.39, 0.29) is 0 Å². The first kappa shape index (κ1) is 22.2. The normalized spacial score (nSPS) is 15.6. The summed E-state index contributed by atoms with van der Waals surface area (Å²) in [5.41, 5.74) is 3.16. The van der Waals surface area contributed by atoms with Crippen molar-refractivity contribution >= 4 is 23.2 Å². The Morgan fingerprint density at radius 2 is 1.68 bits per heavy atom. The first-order chi connectivity index (χ1) is 16.7. The van der Waals surface area contributed by atoms with E-state index >= 15 is 0 Å². The van der Waals surface area contributed by atoms with Crippen molar-refractivity contribution in [3.8, 4) is 11.4 Å². The summed E-state index contributed by atoms with van der Waals surface area (Å²) in [6, 6.07) is 14.9. The molecule has 0 radical (unpaired) electrons. The lowest BCUT2D eigenvalue weighted by atomic mass is 10.1. The van der Waals surface area contributed by atoms with Gasteiger partial charge in [0.15, 0.2) is 5.82 Å². The number of hydrogen-bond acceptors (Lipinski definition) is 6. The van der Waals surface area contributed by atoms with E-state index in [0.717, 1.165) is 75.9 Å². The molecule has 0 atom stereocenters. The maximum Gasteiger partial charge on any atom is 0.314 e. The van der Waals surface area contributed by atoms with Gasteiger partial charge in [0.25, 0.3) is 0 Å². The summed E-state index contributed by atoms with van der Waals surface area (Å²) < 4.78 is 7.47. The molecule has 2 aliphatic rings. The van der Waals surface area contributed by atoms with Crippen LogP contribution in [0.5, 0.6) is 0 Å². The molecular formula is C25H28N6O3. The fourth-order valence-electron chi connectivity index (χ4n) is 4.34. The predicted octanol–water partition coefficient (Wildman–Crippen LogP) is 2.34. The molecule has 1 saturated heterocycles. The Kier molecular flexibility index (Phi) is 6.64. The van der Waals surface area contributed by atoms with Gasteiger partial charge in [-0.1, -0.05) is 24.3 Å². The van der Waals surface area contributed by atoms with Crippen molar-refractivity contribution in [3.05, 3.63) is 59.9 Å². The van der Waals surface area contributed by atoms with Crippen LogP contribution in [0.3, 0.4) is 0 Å². The molecule has 0 unspecified atom stereocenters. The van der Waals surface area contributed by atoms with Crippen molar-refractivity contribution in [1.29, 1.82) is 0 Å². The summed E-state index contributed by atoms with van der Waals surface area (Å²) in [5, 5.41) is 13.9. The largest absolute Gasteiger partial charge is 0.379 e. The van der Waals surface area contributed by atoms with Gasteiger partial charge in [0.05, 0.1) is 13.2 Å². The summed E-state index contributed by atoms with van der Waals surface area (Å²) in [5.74, 6) is 0.326. The maximum atomic E-state index is 12.5. The highest BCUT2D eigenvalue weighted by molar-refractivity contribution is 6.43. The van der Waals surface area contributed by atoms with Gasteiger partial charge in [0.1, 0.15) is 5.82 Å². The first-order valence-corrected chi connectivity index (χ1v) is 11.7. The zero-order valence-corrected chi connectivity index (χ0v) is 19.0. The van der Waals surface area contributed by atoms with Crippen molar-refractivity contribution in [2.75, 3.05) is 43.5 Å². The molecule has 34 heavy (non-hydrogen) atoms. The van der Waals surface area contributed by atoms with E-state index in [1.165, 1.54) is 5.56 Å². The second kappa shape index (κ2) is 10.1. The number of rotatable bonds is 6. The summed E-state index contributed by atoms with van der Waals surface area (Å²) in [6.45, 7) is 5.39. The van der Waals surface area contributed by atoms with Gasteiger partial charge in [0, 0.05) is 49.5 Å². The number of carbonyl (C=O) groups excluding carboxylic acids is 2. The van der Waals surface area contributed by atoms with Crippen LogP contribution in [0.25, 0.3) is 11.4 Å². The van der Waals surface area contributed by atoms with Crippen LogP contribution in [0.4, 0.5) is 11.4 Å². The summed E-state index contributed by atoms with van der Waals surface area (Å²) >= 11 is 0. The first-order valence-electron chi connectivity index (χ1n) is 11.7. The summed E-state index contributed by atoms with van der Waals surface area (Å²) in [6.07, 6.45) is 2.92. The van der Waals surface area contributed by atoms with Gasteiger partial charge in [0.2, 0.25) is 0 Å². The third-order valence-electron chi connectivity index (χ3n) is 6.23. The number of amides is 2. The second-order valence-electron chi connectivity index (χ2n) is 8.59. The molecule has 3 heterocycles. The molecular weight excluding hydrogens is 432 g/mol. The summed E-state index contributed by atoms with van der Waals surface area (Å²) in [7, 11) is 0. The van der Waals surface area contributed by atoms with Crippen LogP contribution in [-0.2, 0) is 33.7 Å². The Labute approximate surface area is 198 Å². The second-order valence-corrected chi connectivity index (χ2v) is 8.59. The zero-order chi connectivity index (χ0) is 23.3. The van der Waals surface area contributed by atoms with Crippen LogP contribution < -0.4 is 10.6 Å². The van der Waals surface area contributed by atoms with E-state index in [9.17, 15) is 9.59 Å². The molecule has 1 aromatic heterocycles. The van der Waals surface area contributed by atoms with Gasteiger partial charge in [-0.15, -0.1) is 10.2 Å². The Balaban J connectivity index is 1.15. The average Bonchev–Trinajstić information content (AvgIpc) is 3.49. The molecule has 5 rings (SSSR count). The van der Waals surface area contributed by atoms with E-state index in [0.29, 0.717) is 11.4 Å². The Morgan fingerprint density at radius 1 is 0.912 bits per heavy atom. The number of aryl methyl sites for hydroxylation is 1. The Morgan fingerprint density at radius 3 is 2.47 bits per heavy atom. The van der Waals surface area contributed by atoms with Crippen molar-refractivity contribution in [1.82, 2.24) is 19.7 Å². The molecule has 1 fully saturated rings. The summed E-state index contributed by atoms with van der Waals surface area (Å²) in [4.78, 5) is 27.3. The van der Waals surface area contributed by atoms with E-state index in [1.54, 1.807) is 6.07 Å².